The molecule has 3 fully saturated rings. The number of halogens is 1. The van der Waals surface area contributed by atoms with Gasteiger partial charge in [-0.25, -0.2) is 12.8 Å². The van der Waals surface area contributed by atoms with Gasteiger partial charge in [-0.15, -0.1) is 0 Å². The summed E-state index contributed by atoms with van der Waals surface area (Å²) in [6.07, 6.45) is 5.45. The highest BCUT2D eigenvalue weighted by Gasteiger charge is 2.52. The number of rotatable bonds is 10. The minimum absolute atomic E-state index is 0.0466. The van der Waals surface area contributed by atoms with Crippen LogP contribution in [0.1, 0.15) is 37.7 Å². The Kier molecular flexibility index (Phi) is 9.30. The van der Waals surface area contributed by atoms with Crippen molar-refractivity contribution in [2.24, 2.45) is 17.8 Å². The zero-order valence-electron chi connectivity index (χ0n) is 26.0. The first-order valence-electron chi connectivity index (χ1n) is 16.2. The van der Waals surface area contributed by atoms with Gasteiger partial charge in [-0.2, -0.15) is 5.26 Å². The highest BCUT2D eigenvalue weighted by Crippen LogP contribution is 2.50. The third kappa shape index (κ3) is 6.21. The summed E-state index contributed by atoms with van der Waals surface area (Å²) in [5, 5.41) is 14.0. The van der Waals surface area contributed by atoms with Crippen LogP contribution in [0.4, 0.5) is 10.1 Å². The highest BCUT2D eigenvalue weighted by molar-refractivity contribution is 7.91. The lowest BCUT2D eigenvalue weighted by molar-refractivity contribution is -0.117. The molecule has 0 aromatic heterocycles. The number of hydrogen-bond donors (Lipinski definition) is 1. The van der Waals surface area contributed by atoms with Gasteiger partial charge in [-0.05, 0) is 105 Å². The number of piperidine rings is 1. The van der Waals surface area contributed by atoms with E-state index in [2.05, 4.69) is 27.8 Å². The number of carbonyl (C=O) groups is 1. The van der Waals surface area contributed by atoms with Crippen molar-refractivity contribution in [3.8, 4) is 6.07 Å². The first kappa shape index (κ1) is 32.0. The first-order valence-corrected chi connectivity index (χ1v) is 17.7. The molecule has 0 radical (unpaired) electrons. The van der Waals surface area contributed by atoms with E-state index in [1.54, 1.807) is 48.5 Å². The summed E-state index contributed by atoms with van der Waals surface area (Å²) in [7, 11) is -3.54. The number of anilines is 1. The fraction of sp³-hybridized carbons (Fsp3) is 0.405. The quantitative estimate of drug-likeness (QED) is 0.284. The van der Waals surface area contributed by atoms with Crippen LogP contribution in [-0.2, 0) is 20.0 Å². The summed E-state index contributed by atoms with van der Waals surface area (Å²) < 4.78 is 40.5. The molecule has 2 aliphatic heterocycles. The van der Waals surface area contributed by atoms with Crippen LogP contribution in [-0.4, -0.2) is 58.0 Å². The molecule has 7 nitrogen and oxygen atoms in total. The van der Waals surface area contributed by atoms with Crippen LogP contribution in [0.2, 0.25) is 0 Å². The number of sulfone groups is 1. The van der Waals surface area contributed by atoms with Crippen LogP contribution in [0.25, 0.3) is 0 Å². The Balaban J connectivity index is 1.08. The SMILES string of the molecule is C=CC(=O)N[C@H]1CCC[C@@H]1C(C#N)(c1cccc(F)c1)C1CCN(CC2CN(c3ccc(S(=O)(=O)c4ccccc4)cc3)C2)CC1. The highest BCUT2D eigenvalue weighted by atomic mass is 32.2. The number of nitriles is 1. The number of amides is 1. The Labute approximate surface area is 271 Å². The van der Waals surface area contributed by atoms with E-state index in [0.717, 1.165) is 76.1 Å². The number of benzene rings is 3. The van der Waals surface area contributed by atoms with Gasteiger partial charge in [0.15, 0.2) is 0 Å². The van der Waals surface area contributed by atoms with Crippen molar-refractivity contribution in [2.45, 2.75) is 53.4 Å². The molecule has 1 N–H and O–H groups in total. The monoisotopic (exact) mass is 640 g/mol. The standard InChI is InChI=1S/C37H41FN4O3S/c1-2-36(43)40-35-13-7-12-34(35)37(26-39,29-8-6-9-30(38)22-29)28-18-20-41(21-19-28)23-27-24-42(25-27)31-14-16-33(17-15-31)46(44,45)32-10-4-3-5-11-32/h2-6,8-11,14-17,22,27-28,34-35H,1,7,12-13,18-21,23-25H2,(H,40,43)/t34-,35-,37?/m0/s1. The van der Waals surface area contributed by atoms with E-state index >= 15 is 0 Å². The number of hydrogen-bond acceptors (Lipinski definition) is 6. The van der Waals surface area contributed by atoms with Crippen LogP contribution in [0.15, 0.2) is 101 Å². The summed E-state index contributed by atoms with van der Waals surface area (Å²) in [4.78, 5) is 17.6. The fourth-order valence-corrected chi connectivity index (χ4v) is 9.34. The topological polar surface area (TPSA) is 93.5 Å². The Morgan fingerprint density at radius 2 is 1.67 bits per heavy atom. The molecule has 240 valence electrons. The fourth-order valence-electron chi connectivity index (χ4n) is 8.06. The van der Waals surface area contributed by atoms with Crippen molar-refractivity contribution in [1.82, 2.24) is 10.2 Å². The van der Waals surface area contributed by atoms with Gasteiger partial charge < -0.3 is 15.1 Å². The van der Waals surface area contributed by atoms with E-state index in [9.17, 15) is 22.9 Å². The molecule has 1 unspecified atom stereocenters. The second-order valence-corrected chi connectivity index (χ2v) is 15.0. The van der Waals surface area contributed by atoms with Crippen molar-refractivity contribution in [3.05, 3.63) is 103 Å². The predicted molar refractivity (Wildman–Crippen MR) is 176 cm³/mol. The molecule has 1 saturated carbocycles. The molecule has 9 heteroatoms. The molecule has 3 aliphatic rings. The Hall–Kier alpha value is -4.00. The smallest absolute Gasteiger partial charge is 0.243 e. The lowest BCUT2D eigenvalue weighted by atomic mass is 9.59. The average Bonchev–Trinajstić information content (AvgIpc) is 3.52. The third-order valence-corrected chi connectivity index (χ3v) is 12.2. The van der Waals surface area contributed by atoms with Crippen LogP contribution < -0.4 is 10.2 Å². The number of likely N-dealkylation sites (tertiary alicyclic amines) is 1. The molecular weight excluding hydrogens is 599 g/mol. The van der Waals surface area contributed by atoms with Gasteiger partial charge in [-0.3, -0.25) is 4.79 Å². The van der Waals surface area contributed by atoms with E-state index in [-0.39, 0.29) is 29.6 Å². The zero-order valence-corrected chi connectivity index (χ0v) is 26.8. The molecule has 6 rings (SSSR count). The Bertz CT molecular complexity index is 1690. The number of nitrogens with one attached hydrogen (secondary N) is 1. The summed E-state index contributed by atoms with van der Waals surface area (Å²) in [6.45, 7) is 8.10. The van der Waals surface area contributed by atoms with Crippen LogP contribution >= 0.6 is 0 Å². The van der Waals surface area contributed by atoms with Gasteiger partial charge >= 0.3 is 0 Å². The summed E-state index contributed by atoms with van der Waals surface area (Å²) in [6, 6.07) is 24.7. The van der Waals surface area contributed by atoms with E-state index in [1.165, 1.54) is 18.2 Å². The maximum Gasteiger partial charge on any atom is 0.243 e. The molecule has 0 spiro atoms. The molecule has 3 aromatic carbocycles. The van der Waals surface area contributed by atoms with Gasteiger partial charge in [0, 0.05) is 43.2 Å². The average molecular weight is 641 g/mol. The molecule has 0 bridgehead atoms. The molecule has 3 atom stereocenters. The van der Waals surface area contributed by atoms with Gasteiger partial charge in [0.05, 0.1) is 21.3 Å². The van der Waals surface area contributed by atoms with E-state index in [0.29, 0.717) is 15.7 Å². The molecule has 3 aromatic rings. The van der Waals surface area contributed by atoms with Gasteiger partial charge in [0.25, 0.3) is 0 Å². The molecule has 2 heterocycles. The molecular formula is C37H41FN4O3S. The zero-order chi connectivity index (χ0) is 32.3. The minimum Gasteiger partial charge on any atom is -0.371 e. The van der Waals surface area contributed by atoms with Crippen LogP contribution in [0.5, 0.6) is 0 Å². The third-order valence-electron chi connectivity index (χ3n) is 10.4. The minimum atomic E-state index is -3.54. The van der Waals surface area contributed by atoms with Crippen molar-refractivity contribution in [2.75, 3.05) is 37.6 Å². The summed E-state index contributed by atoms with van der Waals surface area (Å²) >= 11 is 0. The van der Waals surface area contributed by atoms with Gasteiger partial charge in [0.2, 0.25) is 15.7 Å². The maximum absolute atomic E-state index is 14.6. The summed E-state index contributed by atoms with van der Waals surface area (Å²) in [5.74, 6) is -0.136. The van der Waals surface area contributed by atoms with Gasteiger partial charge in [-0.1, -0.05) is 43.3 Å². The first-order chi connectivity index (χ1) is 22.2. The molecule has 1 aliphatic carbocycles. The van der Waals surface area contributed by atoms with Crippen LogP contribution in [0, 0.1) is 34.9 Å². The second-order valence-electron chi connectivity index (χ2n) is 13.0. The van der Waals surface area contributed by atoms with E-state index < -0.39 is 15.3 Å². The predicted octanol–water partition coefficient (Wildman–Crippen LogP) is 5.74. The van der Waals surface area contributed by atoms with E-state index in [1.807, 2.05) is 18.2 Å². The Morgan fingerprint density at radius 3 is 2.33 bits per heavy atom. The number of nitrogens with zero attached hydrogens (tertiary/aromatic N) is 3. The number of carbonyl (C=O) groups excluding carboxylic acids is 1. The normalized spacial score (nSPS) is 22.4. The Morgan fingerprint density at radius 1 is 0.978 bits per heavy atom. The van der Waals surface area contributed by atoms with Crippen molar-refractivity contribution >= 4 is 21.4 Å². The van der Waals surface area contributed by atoms with Crippen molar-refractivity contribution in [1.29, 1.82) is 5.26 Å². The lowest BCUT2D eigenvalue weighted by Gasteiger charge is -2.48. The summed E-state index contributed by atoms with van der Waals surface area (Å²) in [5.41, 5.74) is 0.845. The van der Waals surface area contributed by atoms with Gasteiger partial charge in [0.1, 0.15) is 5.82 Å². The van der Waals surface area contributed by atoms with E-state index in [4.69, 9.17) is 0 Å². The molecule has 46 heavy (non-hydrogen) atoms. The maximum atomic E-state index is 14.6. The largest absolute Gasteiger partial charge is 0.371 e. The van der Waals surface area contributed by atoms with Crippen molar-refractivity contribution in [3.63, 3.8) is 0 Å². The molecule has 1 amide bonds. The molecule has 2 saturated heterocycles. The van der Waals surface area contributed by atoms with Crippen LogP contribution in [0.3, 0.4) is 0 Å². The lowest BCUT2D eigenvalue weighted by Crippen LogP contribution is -2.55. The second kappa shape index (κ2) is 13.4. The van der Waals surface area contributed by atoms with Crippen molar-refractivity contribution < 1.29 is 17.6 Å².